The largest absolute Gasteiger partial charge is 0.345 e. The molecule has 2 heterocycles. The van der Waals surface area contributed by atoms with Gasteiger partial charge in [-0.05, 0) is 25.8 Å². The lowest BCUT2D eigenvalue weighted by molar-refractivity contribution is 0.0895. The van der Waals surface area contributed by atoms with Gasteiger partial charge < -0.3 is 15.6 Å². The Kier molecular flexibility index (Phi) is 4.04. The summed E-state index contributed by atoms with van der Waals surface area (Å²) in [5.74, 6) is -0.172. The Balaban J connectivity index is 2.29. The normalized spacial score (nSPS) is 11.8. The van der Waals surface area contributed by atoms with Crippen LogP contribution in [-0.2, 0) is 0 Å². The second-order valence-electron chi connectivity index (χ2n) is 4.99. The number of hydrogen-bond acceptors (Lipinski definition) is 5. The Labute approximate surface area is 117 Å². The van der Waals surface area contributed by atoms with Crippen molar-refractivity contribution in [1.82, 2.24) is 15.5 Å². The van der Waals surface area contributed by atoms with Crippen LogP contribution in [0.25, 0.3) is 11.1 Å². The molecule has 0 fully saturated rings. The molecule has 20 heavy (non-hydrogen) atoms. The predicted octanol–water partition coefficient (Wildman–Crippen LogP) is 1.78. The van der Waals surface area contributed by atoms with Crippen molar-refractivity contribution in [3.63, 3.8) is 0 Å². The molecule has 6 heteroatoms. The fraction of sp³-hybridized carbons (Fsp3) is 0.500. The van der Waals surface area contributed by atoms with Gasteiger partial charge in [0.05, 0.1) is 22.2 Å². The van der Waals surface area contributed by atoms with Crippen molar-refractivity contribution in [3.05, 3.63) is 23.5 Å². The Morgan fingerprint density at radius 2 is 2.15 bits per heavy atom. The lowest BCUT2D eigenvalue weighted by Gasteiger charge is -2.31. The molecule has 0 unspecified atom stereocenters. The van der Waals surface area contributed by atoms with E-state index >= 15 is 0 Å². The number of nitrogens with zero attached hydrogens (tertiary/aromatic N) is 2. The van der Waals surface area contributed by atoms with Crippen molar-refractivity contribution >= 4 is 17.0 Å². The van der Waals surface area contributed by atoms with E-state index in [9.17, 15) is 4.79 Å². The molecule has 2 aromatic rings. The van der Waals surface area contributed by atoms with E-state index in [1.54, 1.807) is 6.07 Å². The summed E-state index contributed by atoms with van der Waals surface area (Å²) in [6.07, 6.45) is 3.07. The lowest BCUT2D eigenvalue weighted by atomic mass is 9.92. The van der Waals surface area contributed by atoms with Crippen LogP contribution in [0.5, 0.6) is 0 Å². The Bertz CT molecular complexity index is 608. The van der Waals surface area contributed by atoms with Gasteiger partial charge in [0.25, 0.3) is 11.6 Å². The SMILES string of the molecule is CCC(CC)(CN)NC(=O)c1cnc2onc(C)c2c1. The van der Waals surface area contributed by atoms with E-state index in [-0.39, 0.29) is 11.4 Å². The number of nitrogens with one attached hydrogen (secondary N) is 1. The zero-order chi connectivity index (χ0) is 14.8. The molecule has 108 valence electrons. The van der Waals surface area contributed by atoms with E-state index in [4.69, 9.17) is 10.3 Å². The molecule has 0 saturated heterocycles. The van der Waals surface area contributed by atoms with Crippen LogP contribution >= 0.6 is 0 Å². The number of aryl methyl sites for hydroxylation is 1. The summed E-state index contributed by atoms with van der Waals surface area (Å²) >= 11 is 0. The molecule has 6 nitrogen and oxygen atoms in total. The van der Waals surface area contributed by atoms with Gasteiger partial charge in [0.15, 0.2) is 0 Å². The van der Waals surface area contributed by atoms with E-state index in [1.165, 1.54) is 6.20 Å². The summed E-state index contributed by atoms with van der Waals surface area (Å²) in [5.41, 5.74) is 7.08. The molecular formula is C14H20N4O2. The van der Waals surface area contributed by atoms with Crippen molar-refractivity contribution in [2.75, 3.05) is 6.54 Å². The summed E-state index contributed by atoms with van der Waals surface area (Å²) in [6, 6.07) is 1.75. The van der Waals surface area contributed by atoms with Crippen molar-refractivity contribution in [3.8, 4) is 0 Å². The predicted molar refractivity (Wildman–Crippen MR) is 76.4 cm³/mol. The van der Waals surface area contributed by atoms with Gasteiger partial charge in [-0.2, -0.15) is 0 Å². The maximum Gasteiger partial charge on any atom is 0.257 e. The molecule has 3 N–H and O–H groups in total. The summed E-state index contributed by atoms with van der Waals surface area (Å²) < 4.78 is 5.04. The van der Waals surface area contributed by atoms with Crippen LogP contribution in [0.15, 0.2) is 16.8 Å². The van der Waals surface area contributed by atoms with Crippen LogP contribution in [0.2, 0.25) is 0 Å². The average Bonchev–Trinajstić information content (AvgIpc) is 2.86. The lowest BCUT2D eigenvalue weighted by Crippen LogP contribution is -2.52. The molecule has 0 atom stereocenters. The second kappa shape index (κ2) is 5.58. The first-order chi connectivity index (χ1) is 9.55. The zero-order valence-electron chi connectivity index (χ0n) is 12.1. The number of nitrogens with two attached hydrogens (primary N) is 1. The third-order valence-electron chi connectivity index (χ3n) is 3.90. The summed E-state index contributed by atoms with van der Waals surface area (Å²) in [6.45, 7) is 6.26. The number of amides is 1. The van der Waals surface area contributed by atoms with Crippen LogP contribution in [0, 0.1) is 6.92 Å². The van der Waals surface area contributed by atoms with Crippen LogP contribution in [0.4, 0.5) is 0 Å². The van der Waals surface area contributed by atoms with E-state index in [0.717, 1.165) is 23.9 Å². The molecule has 2 aromatic heterocycles. The molecule has 0 aliphatic heterocycles. The minimum atomic E-state index is -0.365. The highest BCUT2D eigenvalue weighted by atomic mass is 16.5. The fourth-order valence-corrected chi connectivity index (χ4v) is 2.15. The van der Waals surface area contributed by atoms with Gasteiger partial charge >= 0.3 is 0 Å². The average molecular weight is 276 g/mol. The third-order valence-corrected chi connectivity index (χ3v) is 3.90. The first kappa shape index (κ1) is 14.5. The number of rotatable bonds is 5. The Morgan fingerprint density at radius 3 is 2.75 bits per heavy atom. The minimum Gasteiger partial charge on any atom is -0.345 e. The highest BCUT2D eigenvalue weighted by molar-refractivity contribution is 5.97. The van der Waals surface area contributed by atoms with E-state index < -0.39 is 0 Å². The third kappa shape index (κ3) is 2.51. The molecule has 2 rings (SSSR count). The second-order valence-corrected chi connectivity index (χ2v) is 4.99. The molecule has 0 aromatic carbocycles. The van der Waals surface area contributed by atoms with Gasteiger partial charge in [0.1, 0.15) is 0 Å². The molecule has 0 aliphatic carbocycles. The molecule has 0 aliphatic rings. The number of carbonyl (C=O) groups excluding carboxylic acids is 1. The Morgan fingerprint density at radius 1 is 1.45 bits per heavy atom. The highest BCUT2D eigenvalue weighted by Gasteiger charge is 2.27. The topological polar surface area (TPSA) is 94.0 Å². The van der Waals surface area contributed by atoms with E-state index in [2.05, 4.69) is 15.5 Å². The highest BCUT2D eigenvalue weighted by Crippen LogP contribution is 2.18. The molecule has 0 saturated carbocycles. The quantitative estimate of drug-likeness (QED) is 0.868. The van der Waals surface area contributed by atoms with Crippen LogP contribution < -0.4 is 11.1 Å². The van der Waals surface area contributed by atoms with Crippen molar-refractivity contribution in [1.29, 1.82) is 0 Å². The fourth-order valence-electron chi connectivity index (χ4n) is 2.15. The first-order valence-corrected chi connectivity index (χ1v) is 6.80. The summed E-state index contributed by atoms with van der Waals surface area (Å²) in [7, 11) is 0. The molecule has 1 amide bonds. The van der Waals surface area contributed by atoms with Gasteiger partial charge in [-0.25, -0.2) is 4.98 Å². The van der Waals surface area contributed by atoms with Crippen LogP contribution in [0.1, 0.15) is 42.7 Å². The number of pyridine rings is 1. The molecule has 0 spiro atoms. The maximum absolute atomic E-state index is 12.4. The monoisotopic (exact) mass is 276 g/mol. The molecule has 0 bridgehead atoms. The van der Waals surface area contributed by atoms with Crippen molar-refractivity contribution in [2.24, 2.45) is 5.73 Å². The zero-order valence-corrected chi connectivity index (χ0v) is 12.1. The smallest absolute Gasteiger partial charge is 0.257 e. The number of carbonyl (C=O) groups is 1. The van der Waals surface area contributed by atoms with Gasteiger partial charge in [0, 0.05) is 12.7 Å². The van der Waals surface area contributed by atoms with E-state index in [0.29, 0.717) is 17.8 Å². The maximum atomic E-state index is 12.4. The standard InChI is InChI=1S/C14H20N4O2/c1-4-14(5-2,8-15)17-12(19)10-6-11-9(3)18-20-13(11)16-7-10/h6-7H,4-5,8,15H2,1-3H3,(H,17,19). The van der Waals surface area contributed by atoms with E-state index in [1.807, 2.05) is 20.8 Å². The molecule has 0 radical (unpaired) electrons. The number of hydrogen-bond donors (Lipinski definition) is 2. The van der Waals surface area contributed by atoms with Gasteiger partial charge in [-0.1, -0.05) is 19.0 Å². The van der Waals surface area contributed by atoms with Gasteiger partial charge in [0.2, 0.25) is 0 Å². The van der Waals surface area contributed by atoms with Gasteiger partial charge in [-0.15, -0.1) is 0 Å². The summed E-state index contributed by atoms with van der Waals surface area (Å²) in [4.78, 5) is 16.5. The minimum absolute atomic E-state index is 0.172. The summed E-state index contributed by atoms with van der Waals surface area (Å²) in [5, 5.41) is 7.60. The first-order valence-electron chi connectivity index (χ1n) is 6.80. The van der Waals surface area contributed by atoms with Crippen LogP contribution in [0.3, 0.4) is 0 Å². The van der Waals surface area contributed by atoms with Gasteiger partial charge in [-0.3, -0.25) is 4.79 Å². The molecular weight excluding hydrogens is 256 g/mol. The van der Waals surface area contributed by atoms with Crippen molar-refractivity contribution < 1.29 is 9.32 Å². The number of fused-ring (bicyclic) bond motifs is 1. The van der Waals surface area contributed by atoms with Crippen LogP contribution in [-0.4, -0.2) is 28.1 Å². The Hall–Kier alpha value is -1.95. The number of aromatic nitrogens is 2. The van der Waals surface area contributed by atoms with Crippen molar-refractivity contribution in [2.45, 2.75) is 39.2 Å².